The summed E-state index contributed by atoms with van der Waals surface area (Å²) in [5, 5.41) is 13.0. The van der Waals surface area contributed by atoms with Gasteiger partial charge in [-0.3, -0.25) is 0 Å². The van der Waals surface area contributed by atoms with Crippen LogP contribution in [-0.4, -0.2) is 31.5 Å². The smallest absolute Gasteiger partial charge is 0.161 e. The van der Waals surface area contributed by atoms with E-state index in [2.05, 4.69) is 25.2 Å². The van der Waals surface area contributed by atoms with Crippen molar-refractivity contribution < 1.29 is 14.6 Å². The van der Waals surface area contributed by atoms with Gasteiger partial charge in [0.15, 0.2) is 11.5 Å². The SMILES string of the molecule is CCC(CC)(CO)CNCc1ccc2c(c1)OCCO2. The van der Waals surface area contributed by atoms with Crippen LogP contribution in [0.1, 0.15) is 32.3 Å². The van der Waals surface area contributed by atoms with E-state index in [0.717, 1.165) is 37.4 Å². The first-order valence-electron chi connectivity index (χ1n) is 7.43. The molecule has 4 heteroatoms. The molecule has 0 aromatic heterocycles. The molecule has 4 nitrogen and oxygen atoms in total. The van der Waals surface area contributed by atoms with Crippen molar-refractivity contribution in [3.8, 4) is 11.5 Å². The third kappa shape index (κ3) is 3.44. The Hall–Kier alpha value is -1.26. The molecule has 20 heavy (non-hydrogen) atoms. The van der Waals surface area contributed by atoms with Crippen LogP contribution in [0.3, 0.4) is 0 Å². The molecule has 0 fully saturated rings. The van der Waals surface area contributed by atoms with Gasteiger partial charge in [-0.15, -0.1) is 0 Å². The van der Waals surface area contributed by atoms with E-state index in [1.54, 1.807) is 0 Å². The predicted molar refractivity (Wildman–Crippen MR) is 79.2 cm³/mol. The Morgan fingerprint density at radius 1 is 1.15 bits per heavy atom. The summed E-state index contributed by atoms with van der Waals surface area (Å²) in [6.07, 6.45) is 1.96. The number of hydrogen-bond acceptors (Lipinski definition) is 4. The maximum Gasteiger partial charge on any atom is 0.161 e. The molecule has 1 aliphatic rings. The van der Waals surface area contributed by atoms with E-state index < -0.39 is 0 Å². The van der Waals surface area contributed by atoms with Gasteiger partial charge in [-0.2, -0.15) is 0 Å². The number of fused-ring (bicyclic) bond motifs is 1. The maximum absolute atomic E-state index is 9.56. The van der Waals surface area contributed by atoms with Crippen molar-refractivity contribution in [2.45, 2.75) is 33.2 Å². The molecule has 0 saturated heterocycles. The normalized spacial score (nSPS) is 14.3. The van der Waals surface area contributed by atoms with Crippen LogP contribution in [0.2, 0.25) is 0 Å². The minimum absolute atomic E-state index is 0.00613. The Labute approximate surface area is 121 Å². The molecule has 0 spiro atoms. The number of benzene rings is 1. The summed E-state index contributed by atoms with van der Waals surface area (Å²) in [7, 11) is 0. The fourth-order valence-corrected chi connectivity index (χ4v) is 2.45. The number of hydrogen-bond donors (Lipinski definition) is 2. The van der Waals surface area contributed by atoms with Crippen molar-refractivity contribution >= 4 is 0 Å². The van der Waals surface area contributed by atoms with Gasteiger partial charge in [0.05, 0.1) is 0 Å². The van der Waals surface area contributed by atoms with Gasteiger partial charge in [-0.25, -0.2) is 0 Å². The first-order valence-corrected chi connectivity index (χ1v) is 7.43. The summed E-state index contributed by atoms with van der Waals surface area (Å²) in [6, 6.07) is 6.05. The highest BCUT2D eigenvalue weighted by molar-refractivity contribution is 5.43. The number of rotatable bonds is 7. The molecule has 112 valence electrons. The molecule has 0 radical (unpaired) electrons. The van der Waals surface area contributed by atoms with Gasteiger partial charge in [0.1, 0.15) is 13.2 Å². The second-order valence-electron chi connectivity index (χ2n) is 5.45. The fraction of sp³-hybridized carbons (Fsp3) is 0.625. The average Bonchev–Trinajstić information content (AvgIpc) is 2.52. The van der Waals surface area contributed by atoms with E-state index in [4.69, 9.17) is 9.47 Å². The van der Waals surface area contributed by atoms with Gasteiger partial charge >= 0.3 is 0 Å². The van der Waals surface area contributed by atoms with E-state index in [1.807, 2.05) is 12.1 Å². The summed E-state index contributed by atoms with van der Waals surface area (Å²) < 4.78 is 11.1. The molecular formula is C16H25NO3. The second kappa shape index (κ2) is 6.95. The maximum atomic E-state index is 9.56. The lowest BCUT2D eigenvalue weighted by Gasteiger charge is -2.29. The van der Waals surface area contributed by atoms with Crippen LogP contribution in [0.25, 0.3) is 0 Å². The molecule has 1 aromatic carbocycles. The summed E-state index contributed by atoms with van der Waals surface area (Å²) in [5.41, 5.74) is 1.17. The molecule has 1 aliphatic heterocycles. The lowest BCUT2D eigenvalue weighted by Crippen LogP contribution is -2.36. The molecular weight excluding hydrogens is 254 g/mol. The highest BCUT2D eigenvalue weighted by Gasteiger charge is 2.24. The van der Waals surface area contributed by atoms with Crippen LogP contribution in [0, 0.1) is 5.41 Å². The zero-order valence-electron chi connectivity index (χ0n) is 12.4. The Morgan fingerprint density at radius 2 is 1.85 bits per heavy atom. The highest BCUT2D eigenvalue weighted by Crippen LogP contribution is 2.31. The number of aliphatic hydroxyl groups excluding tert-OH is 1. The van der Waals surface area contributed by atoms with Gasteiger partial charge in [0.2, 0.25) is 0 Å². The molecule has 0 atom stereocenters. The molecule has 0 amide bonds. The van der Waals surface area contributed by atoms with Gasteiger partial charge < -0.3 is 19.9 Å². The summed E-state index contributed by atoms with van der Waals surface area (Å²) >= 11 is 0. The van der Waals surface area contributed by atoms with Crippen LogP contribution in [0.15, 0.2) is 18.2 Å². The predicted octanol–water partition coefficient (Wildman–Crippen LogP) is 2.35. The monoisotopic (exact) mass is 279 g/mol. The lowest BCUT2D eigenvalue weighted by molar-refractivity contribution is 0.113. The molecule has 1 heterocycles. The van der Waals surface area contributed by atoms with Crippen molar-refractivity contribution in [2.24, 2.45) is 5.41 Å². The number of ether oxygens (including phenoxy) is 2. The summed E-state index contributed by atoms with van der Waals surface area (Å²) in [6.45, 7) is 7.33. The van der Waals surface area contributed by atoms with Crippen molar-refractivity contribution in [1.29, 1.82) is 0 Å². The first-order chi connectivity index (χ1) is 9.73. The lowest BCUT2D eigenvalue weighted by atomic mass is 9.83. The van der Waals surface area contributed by atoms with E-state index in [-0.39, 0.29) is 12.0 Å². The van der Waals surface area contributed by atoms with Crippen LogP contribution in [0.5, 0.6) is 11.5 Å². The molecule has 2 rings (SSSR count). The van der Waals surface area contributed by atoms with Gasteiger partial charge in [-0.1, -0.05) is 19.9 Å². The van der Waals surface area contributed by atoms with Crippen molar-refractivity contribution in [3.63, 3.8) is 0 Å². The van der Waals surface area contributed by atoms with Crippen molar-refractivity contribution in [1.82, 2.24) is 5.32 Å². The third-order valence-corrected chi connectivity index (χ3v) is 4.27. The quantitative estimate of drug-likeness (QED) is 0.804. The topological polar surface area (TPSA) is 50.7 Å². The molecule has 0 unspecified atom stereocenters. The summed E-state index contributed by atoms with van der Waals surface area (Å²) in [5.74, 6) is 1.65. The molecule has 2 N–H and O–H groups in total. The van der Waals surface area contributed by atoms with Crippen LogP contribution in [0.4, 0.5) is 0 Å². The fourth-order valence-electron chi connectivity index (χ4n) is 2.45. The molecule has 0 aliphatic carbocycles. The zero-order chi connectivity index (χ0) is 14.4. The average molecular weight is 279 g/mol. The van der Waals surface area contributed by atoms with E-state index in [0.29, 0.717) is 13.2 Å². The molecule has 1 aromatic rings. The third-order valence-electron chi connectivity index (χ3n) is 4.27. The van der Waals surface area contributed by atoms with Crippen molar-refractivity contribution in [3.05, 3.63) is 23.8 Å². The van der Waals surface area contributed by atoms with Gasteiger partial charge in [0, 0.05) is 25.1 Å². The Morgan fingerprint density at radius 3 is 2.50 bits per heavy atom. The minimum Gasteiger partial charge on any atom is -0.486 e. The van der Waals surface area contributed by atoms with E-state index >= 15 is 0 Å². The molecule has 0 bridgehead atoms. The summed E-state index contributed by atoms with van der Waals surface area (Å²) in [4.78, 5) is 0. The number of aliphatic hydroxyl groups is 1. The van der Waals surface area contributed by atoms with Crippen LogP contribution in [-0.2, 0) is 6.54 Å². The highest BCUT2D eigenvalue weighted by atomic mass is 16.6. The first kappa shape index (κ1) is 15.1. The number of nitrogens with one attached hydrogen (secondary N) is 1. The van der Waals surface area contributed by atoms with Crippen LogP contribution < -0.4 is 14.8 Å². The van der Waals surface area contributed by atoms with Crippen molar-refractivity contribution in [2.75, 3.05) is 26.4 Å². The second-order valence-corrected chi connectivity index (χ2v) is 5.45. The Bertz CT molecular complexity index is 421. The zero-order valence-corrected chi connectivity index (χ0v) is 12.4. The van der Waals surface area contributed by atoms with E-state index in [1.165, 1.54) is 5.56 Å². The standard InChI is InChI=1S/C16H25NO3/c1-3-16(4-2,12-18)11-17-10-13-5-6-14-15(9-13)20-8-7-19-14/h5-6,9,17-18H,3-4,7-8,10-12H2,1-2H3. The van der Waals surface area contributed by atoms with E-state index in [9.17, 15) is 5.11 Å². The Kier molecular flexibility index (Phi) is 5.26. The van der Waals surface area contributed by atoms with Gasteiger partial charge in [0.25, 0.3) is 0 Å². The molecule has 0 saturated carbocycles. The van der Waals surface area contributed by atoms with Crippen LogP contribution >= 0.6 is 0 Å². The Balaban J connectivity index is 1.91. The van der Waals surface area contributed by atoms with Gasteiger partial charge in [-0.05, 0) is 30.5 Å². The largest absolute Gasteiger partial charge is 0.486 e. The minimum atomic E-state index is -0.00613.